The van der Waals surface area contributed by atoms with E-state index in [2.05, 4.69) is 35.1 Å². The van der Waals surface area contributed by atoms with Gasteiger partial charge in [-0.05, 0) is 43.5 Å². The van der Waals surface area contributed by atoms with Crippen LogP contribution in [-0.2, 0) is 9.59 Å². The van der Waals surface area contributed by atoms with Gasteiger partial charge in [0.05, 0.1) is 5.92 Å². The minimum Gasteiger partial charge on any atom is -0.355 e. The molecule has 5 nitrogen and oxygen atoms in total. The molecule has 2 amide bonds. The molecule has 1 aliphatic heterocycles. The van der Waals surface area contributed by atoms with E-state index < -0.39 is 0 Å². The summed E-state index contributed by atoms with van der Waals surface area (Å²) in [6.07, 6.45) is 4.55. The third-order valence-electron chi connectivity index (χ3n) is 5.68. The van der Waals surface area contributed by atoms with Gasteiger partial charge in [-0.3, -0.25) is 9.59 Å². The number of carbonyl (C=O) groups excluding carboxylic acids is 2. The molecule has 0 bridgehead atoms. The van der Waals surface area contributed by atoms with Crippen LogP contribution < -0.4 is 5.32 Å². The molecule has 1 saturated heterocycles. The Morgan fingerprint density at radius 3 is 2.87 bits per heavy atom. The van der Waals surface area contributed by atoms with Gasteiger partial charge in [-0.2, -0.15) is 0 Å². The van der Waals surface area contributed by atoms with Crippen molar-refractivity contribution in [3.8, 4) is 11.3 Å². The average Bonchev–Trinajstić information content (AvgIpc) is 3.22. The number of nitrogens with zero attached hydrogens (tertiary/aromatic N) is 1. The first-order chi connectivity index (χ1) is 14.6. The number of amides is 2. The van der Waals surface area contributed by atoms with Crippen LogP contribution in [-0.4, -0.2) is 34.8 Å². The summed E-state index contributed by atoms with van der Waals surface area (Å²) in [4.78, 5) is 30.4. The zero-order valence-electron chi connectivity index (χ0n) is 17.1. The van der Waals surface area contributed by atoms with Crippen LogP contribution in [0.3, 0.4) is 0 Å². The summed E-state index contributed by atoms with van der Waals surface area (Å²) in [5.74, 6) is -0.0959. The molecular weight excluding hydrogens is 374 g/mol. The van der Waals surface area contributed by atoms with E-state index in [1.165, 1.54) is 0 Å². The van der Waals surface area contributed by atoms with Crippen LogP contribution in [0.1, 0.15) is 25.7 Å². The monoisotopic (exact) mass is 401 g/mol. The van der Waals surface area contributed by atoms with Crippen LogP contribution in [0.4, 0.5) is 5.69 Å². The summed E-state index contributed by atoms with van der Waals surface area (Å²) in [5, 5.41) is 4.21. The van der Waals surface area contributed by atoms with E-state index in [4.69, 9.17) is 0 Å². The molecule has 154 valence electrons. The van der Waals surface area contributed by atoms with E-state index in [0.29, 0.717) is 19.4 Å². The zero-order chi connectivity index (χ0) is 20.9. The number of benzene rings is 2. The SMILES string of the molecule is C=CCCC(=O)N1CCCC(C(=O)Nc2cccc(-c3cc4ccccc4[nH]3)c2)C1. The number of H-pyrrole nitrogens is 1. The lowest BCUT2D eigenvalue weighted by Gasteiger charge is -2.32. The maximum atomic E-state index is 12.9. The van der Waals surface area contributed by atoms with Crippen LogP contribution in [0.25, 0.3) is 22.2 Å². The molecule has 0 spiro atoms. The summed E-state index contributed by atoms with van der Waals surface area (Å²) in [6, 6.07) is 18.1. The highest BCUT2D eigenvalue weighted by Gasteiger charge is 2.28. The molecule has 1 fully saturated rings. The lowest BCUT2D eigenvalue weighted by atomic mass is 9.96. The summed E-state index contributed by atoms with van der Waals surface area (Å²) in [6.45, 7) is 4.89. The maximum Gasteiger partial charge on any atom is 0.229 e. The molecule has 2 heterocycles. The van der Waals surface area contributed by atoms with E-state index in [-0.39, 0.29) is 17.7 Å². The van der Waals surface area contributed by atoms with Crippen molar-refractivity contribution in [1.82, 2.24) is 9.88 Å². The van der Waals surface area contributed by atoms with Crippen LogP contribution in [0.15, 0.2) is 67.3 Å². The third kappa shape index (κ3) is 4.46. The largest absolute Gasteiger partial charge is 0.355 e. The Balaban J connectivity index is 1.44. The highest BCUT2D eigenvalue weighted by Crippen LogP contribution is 2.27. The van der Waals surface area contributed by atoms with Gasteiger partial charge in [0.1, 0.15) is 0 Å². The Hall–Kier alpha value is -3.34. The number of aromatic amines is 1. The second-order valence-electron chi connectivity index (χ2n) is 7.85. The first-order valence-electron chi connectivity index (χ1n) is 10.5. The normalized spacial score (nSPS) is 16.4. The number of hydrogen-bond acceptors (Lipinski definition) is 2. The van der Waals surface area contributed by atoms with Crippen molar-refractivity contribution in [2.24, 2.45) is 5.92 Å². The quantitative estimate of drug-likeness (QED) is 0.572. The Morgan fingerprint density at radius 1 is 1.17 bits per heavy atom. The zero-order valence-corrected chi connectivity index (χ0v) is 17.1. The predicted octanol–water partition coefficient (Wildman–Crippen LogP) is 4.98. The number of aromatic nitrogens is 1. The lowest BCUT2D eigenvalue weighted by Crippen LogP contribution is -2.43. The van der Waals surface area contributed by atoms with E-state index in [1.807, 2.05) is 41.3 Å². The smallest absolute Gasteiger partial charge is 0.229 e. The standard InChI is InChI=1S/C25H27N3O2/c1-2-3-13-24(29)28-14-7-10-20(17-28)25(30)26-21-11-6-9-18(15-21)23-16-19-8-4-5-12-22(19)27-23/h2,4-6,8-9,11-12,15-16,20,27H,1,3,7,10,13-14,17H2,(H,26,30). The molecule has 1 aliphatic rings. The number of likely N-dealkylation sites (tertiary alicyclic amines) is 1. The molecule has 2 N–H and O–H groups in total. The Bertz CT molecular complexity index is 1040. The minimum atomic E-state index is -0.178. The number of allylic oxidation sites excluding steroid dienone is 1. The highest BCUT2D eigenvalue weighted by molar-refractivity contribution is 5.94. The van der Waals surface area contributed by atoms with Gasteiger partial charge in [0.15, 0.2) is 0 Å². The van der Waals surface area contributed by atoms with Crippen molar-refractivity contribution in [3.05, 3.63) is 67.3 Å². The van der Waals surface area contributed by atoms with Gasteiger partial charge in [-0.25, -0.2) is 0 Å². The fourth-order valence-corrected chi connectivity index (χ4v) is 4.04. The summed E-state index contributed by atoms with van der Waals surface area (Å²) in [7, 11) is 0. The minimum absolute atomic E-state index is 0.0231. The number of hydrogen-bond donors (Lipinski definition) is 2. The summed E-state index contributed by atoms with van der Waals surface area (Å²) >= 11 is 0. The Kier molecular flexibility index (Phi) is 5.98. The number of para-hydroxylation sites is 1. The fraction of sp³-hybridized carbons (Fsp3) is 0.280. The van der Waals surface area contributed by atoms with Crippen molar-refractivity contribution < 1.29 is 9.59 Å². The van der Waals surface area contributed by atoms with E-state index in [0.717, 1.165) is 47.2 Å². The number of nitrogens with one attached hydrogen (secondary N) is 2. The second kappa shape index (κ2) is 8.99. The molecule has 4 rings (SSSR count). The average molecular weight is 402 g/mol. The van der Waals surface area contributed by atoms with Crippen LogP contribution in [0, 0.1) is 5.92 Å². The van der Waals surface area contributed by atoms with Gasteiger partial charge in [0, 0.05) is 47.4 Å². The van der Waals surface area contributed by atoms with E-state index >= 15 is 0 Å². The molecular formula is C25H27N3O2. The first kappa shape index (κ1) is 20.0. The third-order valence-corrected chi connectivity index (χ3v) is 5.68. The van der Waals surface area contributed by atoms with Gasteiger partial charge >= 0.3 is 0 Å². The molecule has 3 aromatic rings. The van der Waals surface area contributed by atoms with Gasteiger partial charge in [-0.1, -0.05) is 36.4 Å². The van der Waals surface area contributed by atoms with Gasteiger partial charge in [0.25, 0.3) is 0 Å². The van der Waals surface area contributed by atoms with E-state index in [9.17, 15) is 9.59 Å². The number of rotatable bonds is 6. The first-order valence-corrected chi connectivity index (χ1v) is 10.5. The molecule has 2 aromatic carbocycles. The van der Waals surface area contributed by atoms with Crippen LogP contribution in [0.5, 0.6) is 0 Å². The number of anilines is 1. The van der Waals surface area contributed by atoms with Crippen molar-refractivity contribution in [3.63, 3.8) is 0 Å². The van der Waals surface area contributed by atoms with Crippen molar-refractivity contribution in [1.29, 1.82) is 0 Å². The number of piperidine rings is 1. The molecule has 0 radical (unpaired) electrons. The van der Waals surface area contributed by atoms with Crippen LogP contribution in [0.2, 0.25) is 0 Å². The molecule has 1 aromatic heterocycles. The molecule has 5 heteroatoms. The number of fused-ring (bicyclic) bond motifs is 1. The van der Waals surface area contributed by atoms with Gasteiger partial charge < -0.3 is 15.2 Å². The van der Waals surface area contributed by atoms with Crippen molar-refractivity contribution in [2.75, 3.05) is 18.4 Å². The maximum absolute atomic E-state index is 12.9. The van der Waals surface area contributed by atoms with Crippen molar-refractivity contribution in [2.45, 2.75) is 25.7 Å². The predicted molar refractivity (Wildman–Crippen MR) is 121 cm³/mol. The Labute approximate surface area is 176 Å². The van der Waals surface area contributed by atoms with Crippen molar-refractivity contribution >= 4 is 28.4 Å². The Morgan fingerprint density at radius 2 is 2.03 bits per heavy atom. The molecule has 1 atom stereocenters. The van der Waals surface area contributed by atoms with Crippen LogP contribution >= 0.6 is 0 Å². The molecule has 1 unspecified atom stereocenters. The topological polar surface area (TPSA) is 65.2 Å². The molecule has 0 aliphatic carbocycles. The molecule has 30 heavy (non-hydrogen) atoms. The summed E-state index contributed by atoms with van der Waals surface area (Å²) in [5.41, 5.74) is 3.90. The summed E-state index contributed by atoms with van der Waals surface area (Å²) < 4.78 is 0. The lowest BCUT2D eigenvalue weighted by molar-refractivity contribution is -0.134. The van der Waals surface area contributed by atoms with Gasteiger partial charge in [0.2, 0.25) is 11.8 Å². The highest BCUT2D eigenvalue weighted by atomic mass is 16.2. The van der Waals surface area contributed by atoms with E-state index in [1.54, 1.807) is 6.08 Å². The number of carbonyl (C=O) groups is 2. The fourth-order valence-electron chi connectivity index (χ4n) is 4.04. The second-order valence-corrected chi connectivity index (χ2v) is 7.85. The molecule has 0 saturated carbocycles. The van der Waals surface area contributed by atoms with Gasteiger partial charge in [-0.15, -0.1) is 6.58 Å².